The molecule has 1 atom stereocenters. The average Bonchev–Trinajstić information content (AvgIpc) is 2.44. The van der Waals surface area contributed by atoms with E-state index in [1.165, 1.54) is 0 Å². The molecule has 1 amide bonds. The van der Waals surface area contributed by atoms with Gasteiger partial charge in [0, 0.05) is 18.5 Å². The second kappa shape index (κ2) is 6.07. The highest BCUT2D eigenvalue weighted by molar-refractivity contribution is 6.03. The number of Topliss-reactive ketones (excluding diaryl/α,β-unsaturated/α-hetero) is 1. The zero-order chi connectivity index (χ0) is 14.7. The van der Waals surface area contributed by atoms with Gasteiger partial charge >= 0.3 is 0 Å². The second-order valence-electron chi connectivity index (χ2n) is 5.11. The Morgan fingerprint density at radius 3 is 2.70 bits per heavy atom. The van der Waals surface area contributed by atoms with Gasteiger partial charge in [-0.3, -0.25) is 9.59 Å². The van der Waals surface area contributed by atoms with E-state index in [9.17, 15) is 9.59 Å². The van der Waals surface area contributed by atoms with Crippen LogP contribution in [-0.4, -0.2) is 24.3 Å². The minimum Gasteiger partial charge on any atom is -0.479 e. The molecule has 1 unspecified atom stereocenters. The number of fused-ring (bicyclic) bond motifs is 1. The van der Waals surface area contributed by atoms with E-state index in [-0.39, 0.29) is 11.7 Å². The van der Waals surface area contributed by atoms with Gasteiger partial charge in [-0.25, -0.2) is 0 Å². The first-order chi connectivity index (χ1) is 9.58. The van der Waals surface area contributed by atoms with Crippen molar-refractivity contribution in [3.63, 3.8) is 0 Å². The molecule has 0 radical (unpaired) electrons. The Kier molecular flexibility index (Phi) is 4.42. The molecule has 1 heterocycles. The molecule has 0 aromatic heterocycles. The van der Waals surface area contributed by atoms with Gasteiger partial charge in [0.1, 0.15) is 5.75 Å². The summed E-state index contributed by atoms with van der Waals surface area (Å²) in [5.74, 6) is 0.746. The Hall–Kier alpha value is -1.84. The van der Waals surface area contributed by atoms with Crippen LogP contribution in [0.15, 0.2) is 18.2 Å². The lowest BCUT2D eigenvalue weighted by Gasteiger charge is -2.33. The Bertz CT molecular complexity index is 524. The molecule has 1 aromatic rings. The standard InChI is InChI=1S/C16H21NO3/c1-4-6-14(18)12-7-8-15-13(10-12)17(9-5-2)16(19)11(3)20-15/h7-8,10-11H,4-6,9H2,1-3H3. The largest absolute Gasteiger partial charge is 0.479 e. The quantitative estimate of drug-likeness (QED) is 0.775. The molecule has 0 aliphatic carbocycles. The van der Waals surface area contributed by atoms with Gasteiger partial charge in [0.15, 0.2) is 11.9 Å². The van der Waals surface area contributed by atoms with Crippen molar-refractivity contribution in [3.05, 3.63) is 23.8 Å². The summed E-state index contributed by atoms with van der Waals surface area (Å²) < 4.78 is 5.61. The maximum atomic E-state index is 12.2. The van der Waals surface area contributed by atoms with Gasteiger partial charge in [-0.15, -0.1) is 0 Å². The van der Waals surface area contributed by atoms with Crippen LogP contribution in [0.3, 0.4) is 0 Å². The van der Waals surface area contributed by atoms with E-state index < -0.39 is 6.10 Å². The van der Waals surface area contributed by atoms with E-state index >= 15 is 0 Å². The van der Waals surface area contributed by atoms with Gasteiger partial charge in [-0.2, -0.15) is 0 Å². The highest BCUT2D eigenvalue weighted by atomic mass is 16.5. The summed E-state index contributed by atoms with van der Waals surface area (Å²) >= 11 is 0. The number of carbonyl (C=O) groups is 2. The number of ketones is 1. The van der Waals surface area contributed by atoms with Gasteiger partial charge in [0.2, 0.25) is 0 Å². The van der Waals surface area contributed by atoms with Crippen LogP contribution >= 0.6 is 0 Å². The third-order valence-electron chi connectivity index (χ3n) is 3.41. The third-order valence-corrected chi connectivity index (χ3v) is 3.41. The summed E-state index contributed by atoms with van der Waals surface area (Å²) in [6.07, 6.45) is 1.75. The predicted molar refractivity (Wildman–Crippen MR) is 78.4 cm³/mol. The Morgan fingerprint density at radius 1 is 1.30 bits per heavy atom. The number of benzene rings is 1. The molecule has 108 valence electrons. The first-order valence-corrected chi connectivity index (χ1v) is 7.23. The van der Waals surface area contributed by atoms with E-state index in [1.807, 2.05) is 13.8 Å². The van der Waals surface area contributed by atoms with Crippen LogP contribution < -0.4 is 9.64 Å². The average molecular weight is 275 g/mol. The summed E-state index contributed by atoms with van der Waals surface area (Å²) in [5.41, 5.74) is 1.37. The van der Waals surface area contributed by atoms with Crippen LogP contribution in [0.5, 0.6) is 5.75 Å². The fourth-order valence-electron chi connectivity index (χ4n) is 2.41. The molecule has 0 fully saturated rings. The molecular formula is C16H21NO3. The fourth-order valence-corrected chi connectivity index (χ4v) is 2.41. The van der Waals surface area contributed by atoms with Crippen LogP contribution in [0.4, 0.5) is 5.69 Å². The van der Waals surface area contributed by atoms with E-state index in [0.29, 0.717) is 24.3 Å². The predicted octanol–water partition coefficient (Wildman–Crippen LogP) is 3.19. The first-order valence-electron chi connectivity index (χ1n) is 7.23. The van der Waals surface area contributed by atoms with E-state index in [1.54, 1.807) is 30.0 Å². The van der Waals surface area contributed by atoms with Gasteiger partial charge < -0.3 is 9.64 Å². The molecule has 4 nitrogen and oxygen atoms in total. The third kappa shape index (κ3) is 2.69. The molecular weight excluding hydrogens is 254 g/mol. The summed E-state index contributed by atoms with van der Waals surface area (Å²) in [4.78, 5) is 25.9. The van der Waals surface area contributed by atoms with Crippen molar-refractivity contribution in [2.75, 3.05) is 11.4 Å². The van der Waals surface area contributed by atoms with Crippen LogP contribution in [0.25, 0.3) is 0 Å². The number of ether oxygens (including phenoxy) is 1. The molecule has 1 aliphatic heterocycles. The lowest BCUT2D eigenvalue weighted by molar-refractivity contribution is -0.125. The molecule has 4 heteroatoms. The molecule has 2 rings (SSSR count). The topological polar surface area (TPSA) is 46.6 Å². The number of carbonyl (C=O) groups excluding carboxylic acids is 2. The Morgan fingerprint density at radius 2 is 2.05 bits per heavy atom. The Balaban J connectivity index is 2.39. The van der Waals surface area contributed by atoms with Crippen molar-refractivity contribution in [1.29, 1.82) is 0 Å². The first kappa shape index (κ1) is 14.6. The van der Waals surface area contributed by atoms with Crippen molar-refractivity contribution >= 4 is 17.4 Å². The summed E-state index contributed by atoms with van der Waals surface area (Å²) in [6, 6.07) is 5.36. The maximum absolute atomic E-state index is 12.2. The highest BCUT2D eigenvalue weighted by Gasteiger charge is 2.31. The molecule has 0 saturated heterocycles. The highest BCUT2D eigenvalue weighted by Crippen LogP contribution is 2.35. The van der Waals surface area contributed by atoms with Crippen LogP contribution in [0, 0.1) is 0 Å². The zero-order valence-corrected chi connectivity index (χ0v) is 12.3. The molecule has 0 bridgehead atoms. The number of rotatable bonds is 5. The molecule has 1 aliphatic rings. The van der Waals surface area contributed by atoms with Gasteiger partial charge in [0.25, 0.3) is 5.91 Å². The van der Waals surface area contributed by atoms with Crippen LogP contribution in [0.2, 0.25) is 0 Å². The minimum absolute atomic E-state index is 0.0422. The van der Waals surface area contributed by atoms with Gasteiger partial charge in [0.05, 0.1) is 5.69 Å². The molecule has 20 heavy (non-hydrogen) atoms. The van der Waals surface area contributed by atoms with Crippen molar-refractivity contribution in [3.8, 4) is 5.75 Å². The zero-order valence-electron chi connectivity index (χ0n) is 12.3. The van der Waals surface area contributed by atoms with Crippen molar-refractivity contribution < 1.29 is 14.3 Å². The monoisotopic (exact) mass is 275 g/mol. The number of amides is 1. The molecule has 0 saturated carbocycles. The summed E-state index contributed by atoms with van der Waals surface area (Å²) in [6.45, 7) is 6.40. The van der Waals surface area contributed by atoms with E-state index in [0.717, 1.165) is 18.5 Å². The fraction of sp³-hybridized carbons (Fsp3) is 0.500. The Labute approximate surface area is 119 Å². The number of anilines is 1. The molecule has 0 spiro atoms. The van der Waals surface area contributed by atoms with Gasteiger partial charge in [-0.05, 0) is 38.0 Å². The van der Waals surface area contributed by atoms with Crippen molar-refractivity contribution in [1.82, 2.24) is 0 Å². The van der Waals surface area contributed by atoms with E-state index in [4.69, 9.17) is 4.74 Å². The van der Waals surface area contributed by atoms with Crippen LogP contribution in [-0.2, 0) is 4.79 Å². The molecule has 0 N–H and O–H groups in total. The lowest BCUT2D eigenvalue weighted by Crippen LogP contribution is -2.44. The smallest absolute Gasteiger partial charge is 0.267 e. The number of hydrogen-bond donors (Lipinski definition) is 0. The van der Waals surface area contributed by atoms with Crippen molar-refractivity contribution in [2.45, 2.75) is 46.1 Å². The second-order valence-corrected chi connectivity index (χ2v) is 5.11. The van der Waals surface area contributed by atoms with Crippen LogP contribution in [0.1, 0.15) is 50.4 Å². The molecule has 1 aromatic carbocycles. The van der Waals surface area contributed by atoms with Crippen molar-refractivity contribution in [2.24, 2.45) is 0 Å². The number of hydrogen-bond acceptors (Lipinski definition) is 3. The maximum Gasteiger partial charge on any atom is 0.267 e. The number of nitrogens with zero attached hydrogens (tertiary/aromatic N) is 1. The van der Waals surface area contributed by atoms with E-state index in [2.05, 4.69) is 0 Å². The summed E-state index contributed by atoms with van der Waals surface area (Å²) in [5, 5.41) is 0. The van der Waals surface area contributed by atoms with Gasteiger partial charge in [-0.1, -0.05) is 13.8 Å². The minimum atomic E-state index is -0.466. The SMILES string of the molecule is CCCC(=O)c1ccc2c(c1)N(CCC)C(=O)C(C)O2. The lowest BCUT2D eigenvalue weighted by atomic mass is 10.0. The normalized spacial score (nSPS) is 17.6. The summed E-state index contributed by atoms with van der Waals surface area (Å²) in [7, 11) is 0.